The molecule has 5 rings (SSSR count). The zero-order valence-corrected chi connectivity index (χ0v) is 29.0. The number of anilines is 1. The molecule has 258 valence electrons. The number of fused-ring (bicyclic) bond motifs is 3. The summed E-state index contributed by atoms with van der Waals surface area (Å²) in [6.45, 7) is 4.91. The number of ether oxygens (including phenoxy) is 2. The van der Waals surface area contributed by atoms with E-state index in [4.69, 9.17) is 9.47 Å². The maximum absolute atomic E-state index is 13.5. The van der Waals surface area contributed by atoms with Gasteiger partial charge in [-0.1, -0.05) is 78.9 Å². The summed E-state index contributed by atoms with van der Waals surface area (Å²) in [6.07, 6.45) is -1.02. The van der Waals surface area contributed by atoms with E-state index in [1.54, 1.807) is 25.5 Å². The van der Waals surface area contributed by atoms with Crippen LogP contribution in [0.5, 0.6) is 0 Å². The molecule has 1 aliphatic carbocycles. The molecule has 3 amide bonds. The van der Waals surface area contributed by atoms with Crippen molar-refractivity contribution in [3.63, 3.8) is 0 Å². The minimum absolute atomic E-state index is 0.0235. The fraction of sp³-hybridized carbons (Fsp3) is 0.314. The van der Waals surface area contributed by atoms with E-state index < -0.39 is 39.9 Å². The minimum Gasteiger partial charge on any atom is -0.449 e. The van der Waals surface area contributed by atoms with Gasteiger partial charge >= 0.3 is 22.4 Å². The van der Waals surface area contributed by atoms with E-state index in [0.29, 0.717) is 23.7 Å². The summed E-state index contributed by atoms with van der Waals surface area (Å²) in [5, 5.41) is 7.68. The van der Waals surface area contributed by atoms with E-state index in [1.165, 1.54) is 11.3 Å². The van der Waals surface area contributed by atoms with E-state index in [2.05, 4.69) is 20.3 Å². The normalized spacial score (nSPS) is 13.1. The molecule has 1 heterocycles. The minimum atomic E-state index is -4.16. The van der Waals surface area contributed by atoms with Gasteiger partial charge < -0.3 is 20.1 Å². The van der Waals surface area contributed by atoms with Gasteiger partial charge in [-0.2, -0.15) is 13.1 Å². The first-order valence-corrected chi connectivity index (χ1v) is 18.2. The quantitative estimate of drug-likeness (QED) is 0.120. The Balaban J connectivity index is 1.19. The molecule has 0 unspecified atom stereocenters. The van der Waals surface area contributed by atoms with Crippen LogP contribution in [0.1, 0.15) is 57.1 Å². The van der Waals surface area contributed by atoms with E-state index >= 15 is 0 Å². The first-order chi connectivity index (χ1) is 23.4. The van der Waals surface area contributed by atoms with Crippen molar-refractivity contribution in [1.29, 1.82) is 0 Å². The molecule has 0 radical (unpaired) electrons. The van der Waals surface area contributed by atoms with Crippen LogP contribution in [-0.2, 0) is 24.5 Å². The van der Waals surface area contributed by atoms with Crippen molar-refractivity contribution in [3.8, 4) is 22.4 Å². The number of carbonyl (C=O) groups is 3. The fourth-order valence-corrected chi connectivity index (χ4v) is 6.91. The summed E-state index contributed by atoms with van der Waals surface area (Å²) in [5.74, 6) is -0.644. The maximum atomic E-state index is 13.5. The van der Waals surface area contributed by atoms with Crippen LogP contribution in [-0.4, -0.2) is 56.3 Å². The number of nitrogens with zero attached hydrogens (tertiary/aromatic N) is 1. The fourth-order valence-electron chi connectivity index (χ4n) is 5.44. The number of hydrogen-bond acceptors (Lipinski definition) is 9. The van der Waals surface area contributed by atoms with Crippen molar-refractivity contribution >= 4 is 44.8 Å². The second-order valence-corrected chi connectivity index (χ2v) is 14.8. The zero-order valence-electron chi connectivity index (χ0n) is 27.4. The van der Waals surface area contributed by atoms with Gasteiger partial charge in [0.25, 0.3) is 0 Å². The van der Waals surface area contributed by atoms with E-state index in [9.17, 15) is 22.8 Å². The van der Waals surface area contributed by atoms with Gasteiger partial charge in [-0.25, -0.2) is 19.3 Å². The lowest BCUT2D eigenvalue weighted by atomic mass is 9.98. The number of thiazole rings is 1. The Morgan fingerprint density at radius 2 is 1.51 bits per heavy atom. The Morgan fingerprint density at radius 3 is 2.16 bits per heavy atom. The molecular weight excluding hydrogens is 667 g/mol. The summed E-state index contributed by atoms with van der Waals surface area (Å²) in [4.78, 5) is 43.0. The van der Waals surface area contributed by atoms with Crippen LogP contribution in [0.4, 0.5) is 14.7 Å². The molecule has 14 heteroatoms. The molecule has 1 aromatic heterocycles. The molecular formula is C35H39N5O7S2. The molecule has 1 aliphatic rings. The van der Waals surface area contributed by atoms with Crippen LogP contribution < -0.4 is 20.1 Å². The number of carbonyl (C=O) groups excluding carboxylic acids is 3. The number of amides is 3. The highest BCUT2D eigenvalue weighted by Gasteiger charge is 2.30. The lowest BCUT2D eigenvalue weighted by molar-refractivity contribution is -0.118. The lowest BCUT2D eigenvalue weighted by Crippen LogP contribution is -2.44. The second kappa shape index (κ2) is 15.6. The number of nitrogens with one attached hydrogen (secondary N) is 4. The largest absolute Gasteiger partial charge is 0.449 e. The summed E-state index contributed by atoms with van der Waals surface area (Å²) >= 11 is 1.26. The Hall–Kier alpha value is -4.79. The average Bonchev–Trinajstić information content (AvgIpc) is 3.65. The zero-order chi connectivity index (χ0) is 35.0. The molecule has 0 aliphatic heterocycles. The van der Waals surface area contributed by atoms with Crippen LogP contribution in [0.25, 0.3) is 22.4 Å². The topological polar surface area (TPSA) is 165 Å². The number of aromatic nitrogens is 1. The van der Waals surface area contributed by atoms with E-state index in [0.717, 1.165) is 27.8 Å². The molecule has 4 N–H and O–H groups in total. The van der Waals surface area contributed by atoms with Crippen molar-refractivity contribution in [3.05, 3.63) is 95.4 Å². The predicted octanol–water partition coefficient (Wildman–Crippen LogP) is 6.19. The molecule has 4 aromatic rings. The first-order valence-electron chi connectivity index (χ1n) is 15.8. The summed E-state index contributed by atoms with van der Waals surface area (Å²) in [6, 6.07) is 24.5. The first kappa shape index (κ1) is 35.5. The Kier molecular flexibility index (Phi) is 11.3. The highest BCUT2D eigenvalue weighted by atomic mass is 32.2. The molecule has 49 heavy (non-hydrogen) atoms. The predicted molar refractivity (Wildman–Crippen MR) is 188 cm³/mol. The van der Waals surface area contributed by atoms with Crippen molar-refractivity contribution in [2.75, 3.05) is 18.5 Å². The van der Waals surface area contributed by atoms with Crippen molar-refractivity contribution in [2.24, 2.45) is 0 Å². The molecule has 0 saturated heterocycles. The van der Waals surface area contributed by atoms with Crippen molar-refractivity contribution in [2.45, 2.75) is 57.6 Å². The van der Waals surface area contributed by atoms with Gasteiger partial charge in [-0.3, -0.25) is 4.79 Å². The Labute approximate surface area is 289 Å². The second-order valence-electron chi connectivity index (χ2n) is 12.4. The standard InChI is InChI=1S/C35H39N5O7S2/c1-35(2,3)47-34(43)40-49(44,45)36-20-12-11-19-29(31(41)39-32-37-30(22-48-32)23-13-5-4-6-14-23)38-33(42)46-21-28-26-17-9-7-15-24(26)25-16-8-10-18-27(25)28/h4-10,13-18,22,28-29,36H,11-12,19-21H2,1-3H3,(H,38,42)(H,40,43)(H,37,39,41)/t29-/m0/s1. The third kappa shape index (κ3) is 9.87. The van der Waals surface area contributed by atoms with Crippen LogP contribution in [0, 0.1) is 0 Å². The molecule has 0 bridgehead atoms. The smallest absolute Gasteiger partial charge is 0.422 e. The van der Waals surface area contributed by atoms with Crippen molar-refractivity contribution in [1.82, 2.24) is 19.7 Å². The van der Waals surface area contributed by atoms with Crippen LogP contribution in [0.2, 0.25) is 0 Å². The van der Waals surface area contributed by atoms with Gasteiger partial charge in [-0.15, -0.1) is 11.3 Å². The van der Waals surface area contributed by atoms with Gasteiger partial charge in [0.2, 0.25) is 5.91 Å². The van der Waals surface area contributed by atoms with Gasteiger partial charge in [-0.05, 0) is 62.3 Å². The Bertz CT molecular complexity index is 1850. The highest BCUT2D eigenvalue weighted by molar-refractivity contribution is 7.88. The number of rotatable bonds is 13. The lowest BCUT2D eigenvalue weighted by Gasteiger charge is -2.20. The third-order valence-electron chi connectivity index (χ3n) is 7.58. The molecule has 0 fully saturated rings. The number of hydrogen-bond donors (Lipinski definition) is 4. The molecule has 1 atom stereocenters. The van der Waals surface area contributed by atoms with Gasteiger partial charge in [0, 0.05) is 23.4 Å². The SMILES string of the molecule is CC(C)(C)OC(=O)NS(=O)(=O)NCCCC[C@H](NC(=O)OCC1c2ccccc2-c2ccccc21)C(=O)Nc1nc(-c2ccccc2)cs1. The van der Waals surface area contributed by atoms with Gasteiger partial charge in [0.05, 0.1) is 5.69 Å². The van der Waals surface area contributed by atoms with Crippen molar-refractivity contribution < 1.29 is 32.3 Å². The van der Waals surface area contributed by atoms with Gasteiger partial charge in [0.15, 0.2) is 5.13 Å². The molecule has 3 aromatic carbocycles. The molecule has 0 spiro atoms. The van der Waals surface area contributed by atoms with Gasteiger partial charge in [0.1, 0.15) is 18.2 Å². The van der Waals surface area contributed by atoms with E-state index in [-0.39, 0.29) is 25.5 Å². The number of alkyl carbamates (subject to hydrolysis) is 1. The highest BCUT2D eigenvalue weighted by Crippen LogP contribution is 2.44. The van der Waals surface area contributed by atoms with Crippen LogP contribution in [0.15, 0.2) is 84.2 Å². The molecule has 0 saturated carbocycles. The Morgan fingerprint density at radius 1 is 0.878 bits per heavy atom. The van der Waals surface area contributed by atoms with E-state index in [1.807, 2.05) is 84.2 Å². The van der Waals surface area contributed by atoms with Crippen LogP contribution in [0.3, 0.4) is 0 Å². The summed E-state index contributed by atoms with van der Waals surface area (Å²) in [7, 11) is -4.16. The van der Waals surface area contributed by atoms with Crippen LogP contribution >= 0.6 is 11.3 Å². The summed E-state index contributed by atoms with van der Waals surface area (Å²) in [5.41, 5.74) is 5.06. The third-order valence-corrected chi connectivity index (χ3v) is 9.36. The monoisotopic (exact) mass is 705 g/mol. The maximum Gasteiger partial charge on any atom is 0.422 e. The number of benzene rings is 3. The summed E-state index contributed by atoms with van der Waals surface area (Å²) < 4.78 is 39.3. The average molecular weight is 706 g/mol. The molecule has 12 nitrogen and oxygen atoms in total. The number of unbranched alkanes of at least 4 members (excludes halogenated alkanes) is 1.